The van der Waals surface area contributed by atoms with Gasteiger partial charge in [-0.15, -0.1) is 0 Å². The zero-order chi connectivity index (χ0) is 11.3. The Morgan fingerprint density at radius 2 is 1.93 bits per heavy atom. The highest BCUT2D eigenvalue weighted by Gasteiger charge is 2.27. The molecule has 1 saturated heterocycles. The molecule has 0 amide bonds. The number of hydrogen-bond donors (Lipinski definition) is 2. The van der Waals surface area contributed by atoms with Crippen molar-refractivity contribution in [2.75, 3.05) is 19.8 Å². The fourth-order valence-corrected chi connectivity index (χ4v) is 2.04. The molecule has 3 heteroatoms. The second kappa shape index (κ2) is 5.83. The van der Waals surface area contributed by atoms with Crippen molar-refractivity contribution in [2.45, 2.75) is 52.1 Å². The fraction of sp³-hybridized carbons (Fsp3) is 1.00. The molecule has 0 aromatic carbocycles. The number of aliphatic hydroxyl groups is 1. The van der Waals surface area contributed by atoms with Gasteiger partial charge in [-0.2, -0.15) is 0 Å². The molecule has 15 heavy (non-hydrogen) atoms. The van der Waals surface area contributed by atoms with Gasteiger partial charge in [0.2, 0.25) is 0 Å². The number of aliphatic hydroxyl groups excluding tert-OH is 1. The van der Waals surface area contributed by atoms with Crippen LogP contribution in [0.5, 0.6) is 0 Å². The molecule has 1 aliphatic heterocycles. The van der Waals surface area contributed by atoms with E-state index in [1.807, 2.05) is 0 Å². The number of hydrogen-bond acceptors (Lipinski definition) is 3. The number of nitrogens with one attached hydrogen (secondary N) is 1. The largest absolute Gasteiger partial charge is 0.396 e. The Morgan fingerprint density at radius 3 is 2.40 bits per heavy atom. The van der Waals surface area contributed by atoms with E-state index in [4.69, 9.17) is 9.84 Å². The van der Waals surface area contributed by atoms with Gasteiger partial charge in [0, 0.05) is 31.9 Å². The van der Waals surface area contributed by atoms with E-state index in [1.165, 1.54) is 0 Å². The van der Waals surface area contributed by atoms with Crippen molar-refractivity contribution in [3.63, 3.8) is 0 Å². The molecule has 1 fully saturated rings. The second-order valence-electron chi connectivity index (χ2n) is 5.48. The van der Waals surface area contributed by atoms with Crippen LogP contribution in [0.2, 0.25) is 0 Å². The third-order valence-electron chi connectivity index (χ3n) is 3.12. The molecule has 0 spiro atoms. The van der Waals surface area contributed by atoms with E-state index in [-0.39, 0.29) is 12.0 Å². The molecule has 0 radical (unpaired) electrons. The third kappa shape index (κ3) is 4.49. The van der Waals surface area contributed by atoms with Gasteiger partial charge >= 0.3 is 0 Å². The van der Waals surface area contributed by atoms with Crippen LogP contribution in [0, 0.1) is 5.41 Å². The fourth-order valence-electron chi connectivity index (χ4n) is 2.04. The molecule has 0 aliphatic carbocycles. The third-order valence-corrected chi connectivity index (χ3v) is 3.12. The smallest absolute Gasteiger partial charge is 0.0480 e. The van der Waals surface area contributed by atoms with Crippen LogP contribution < -0.4 is 5.32 Å². The van der Waals surface area contributed by atoms with Crippen LogP contribution in [0.25, 0.3) is 0 Å². The first-order chi connectivity index (χ1) is 7.04. The van der Waals surface area contributed by atoms with Crippen molar-refractivity contribution >= 4 is 0 Å². The average molecular weight is 215 g/mol. The van der Waals surface area contributed by atoms with Gasteiger partial charge in [-0.3, -0.25) is 0 Å². The van der Waals surface area contributed by atoms with Crippen molar-refractivity contribution in [1.29, 1.82) is 0 Å². The van der Waals surface area contributed by atoms with E-state index in [9.17, 15) is 0 Å². The molecule has 1 rings (SSSR count). The van der Waals surface area contributed by atoms with E-state index in [2.05, 4.69) is 26.1 Å². The summed E-state index contributed by atoms with van der Waals surface area (Å²) < 4.78 is 5.34. The lowest BCUT2D eigenvalue weighted by Gasteiger charge is -2.36. The minimum Gasteiger partial charge on any atom is -0.396 e. The Balaban J connectivity index is 2.42. The van der Waals surface area contributed by atoms with Gasteiger partial charge in [-0.05, 0) is 24.7 Å². The molecule has 1 unspecified atom stereocenters. The topological polar surface area (TPSA) is 41.5 Å². The highest BCUT2D eigenvalue weighted by Crippen LogP contribution is 2.23. The lowest BCUT2D eigenvalue weighted by Crippen LogP contribution is -2.48. The Bertz CT molecular complexity index is 171. The molecule has 0 aromatic rings. The summed E-state index contributed by atoms with van der Waals surface area (Å²) in [5.41, 5.74) is 0.209. The van der Waals surface area contributed by atoms with Crippen LogP contribution in [0.1, 0.15) is 40.0 Å². The Kier molecular flexibility index (Phi) is 5.03. The first-order valence-electron chi connectivity index (χ1n) is 5.98. The Labute approximate surface area is 93.2 Å². The zero-order valence-electron chi connectivity index (χ0n) is 10.3. The zero-order valence-corrected chi connectivity index (χ0v) is 10.3. The molecular formula is C12H25NO2. The van der Waals surface area contributed by atoms with E-state index >= 15 is 0 Å². The minimum atomic E-state index is 0.209. The van der Waals surface area contributed by atoms with E-state index < -0.39 is 0 Å². The summed E-state index contributed by atoms with van der Waals surface area (Å²) in [4.78, 5) is 0. The lowest BCUT2D eigenvalue weighted by atomic mass is 9.84. The quantitative estimate of drug-likeness (QED) is 0.747. The van der Waals surface area contributed by atoms with Gasteiger partial charge in [0.15, 0.2) is 0 Å². The lowest BCUT2D eigenvalue weighted by molar-refractivity contribution is 0.0660. The maximum atomic E-state index is 9.06. The first-order valence-corrected chi connectivity index (χ1v) is 5.98. The van der Waals surface area contributed by atoms with Crippen molar-refractivity contribution in [2.24, 2.45) is 5.41 Å². The monoisotopic (exact) mass is 215 g/mol. The SMILES string of the molecule is CC(C)(C)C(CCO)NC1CCOCC1. The van der Waals surface area contributed by atoms with E-state index in [1.54, 1.807) is 0 Å². The summed E-state index contributed by atoms with van der Waals surface area (Å²) in [6.07, 6.45) is 3.02. The van der Waals surface area contributed by atoms with Crippen LogP contribution in [0.4, 0.5) is 0 Å². The van der Waals surface area contributed by atoms with Crippen LogP contribution in [-0.2, 0) is 4.74 Å². The van der Waals surface area contributed by atoms with Gasteiger partial charge in [-0.25, -0.2) is 0 Å². The number of rotatable bonds is 4. The Hall–Kier alpha value is -0.120. The highest BCUT2D eigenvalue weighted by molar-refractivity contribution is 4.84. The maximum Gasteiger partial charge on any atom is 0.0480 e. The summed E-state index contributed by atoms with van der Waals surface area (Å²) in [5.74, 6) is 0. The maximum absolute atomic E-state index is 9.06. The van der Waals surface area contributed by atoms with Crippen LogP contribution >= 0.6 is 0 Å². The van der Waals surface area contributed by atoms with Crippen molar-refractivity contribution in [3.05, 3.63) is 0 Å². The molecule has 1 aliphatic rings. The summed E-state index contributed by atoms with van der Waals surface area (Å²) >= 11 is 0. The number of ether oxygens (including phenoxy) is 1. The predicted molar refractivity (Wildman–Crippen MR) is 61.9 cm³/mol. The average Bonchev–Trinajstić information content (AvgIpc) is 2.17. The van der Waals surface area contributed by atoms with Crippen LogP contribution in [-0.4, -0.2) is 37.0 Å². The molecule has 0 bridgehead atoms. The van der Waals surface area contributed by atoms with Crippen molar-refractivity contribution in [3.8, 4) is 0 Å². The summed E-state index contributed by atoms with van der Waals surface area (Å²) in [5, 5.41) is 12.7. The molecular weight excluding hydrogens is 190 g/mol. The Morgan fingerprint density at radius 1 is 1.33 bits per heavy atom. The molecule has 90 valence electrons. The highest BCUT2D eigenvalue weighted by atomic mass is 16.5. The van der Waals surface area contributed by atoms with Gasteiger partial charge in [-0.1, -0.05) is 20.8 Å². The standard InChI is InChI=1S/C12H25NO2/c1-12(2,3)11(4-7-14)13-10-5-8-15-9-6-10/h10-11,13-14H,4-9H2,1-3H3. The van der Waals surface area contributed by atoms with Gasteiger partial charge in [0.05, 0.1) is 0 Å². The minimum absolute atomic E-state index is 0.209. The second-order valence-corrected chi connectivity index (χ2v) is 5.48. The van der Waals surface area contributed by atoms with Crippen LogP contribution in [0.15, 0.2) is 0 Å². The van der Waals surface area contributed by atoms with Crippen molar-refractivity contribution < 1.29 is 9.84 Å². The van der Waals surface area contributed by atoms with Crippen LogP contribution in [0.3, 0.4) is 0 Å². The van der Waals surface area contributed by atoms with Gasteiger partial charge in [0.25, 0.3) is 0 Å². The molecule has 1 atom stereocenters. The molecule has 1 heterocycles. The predicted octanol–water partition coefficient (Wildman–Crippen LogP) is 1.55. The van der Waals surface area contributed by atoms with Crippen molar-refractivity contribution in [1.82, 2.24) is 5.32 Å². The first kappa shape index (κ1) is 12.9. The molecule has 3 nitrogen and oxygen atoms in total. The summed E-state index contributed by atoms with van der Waals surface area (Å²) in [7, 11) is 0. The molecule has 2 N–H and O–H groups in total. The van der Waals surface area contributed by atoms with E-state index in [0.717, 1.165) is 32.5 Å². The van der Waals surface area contributed by atoms with Gasteiger partial charge < -0.3 is 15.2 Å². The summed E-state index contributed by atoms with van der Waals surface area (Å²) in [6, 6.07) is 0.958. The molecule has 0 saturated carbocycles. The van der Waals surface area contributed by atoms with E-state index in [0.29, 0.717) is 12.1 Å². The summed E-state index contributed by atoms with van der Waals surface area (Å²) in [6.45, 7) is 8.67. The molecule has 0 aromatic heterocycles. The normalized spacial score (nSPS) is 21.6. The van der Waals surface area contributed by atoms with Gasteiger partial charge in [0.1, 0.15) is 0 Å².